The van der Waals surface area contributed by atoms with E-state index >= 15 is 0 Å². The van der Waals surface area contributed by atoms with Gasteiger partial charge >= 0.3 is 0 Å². The van der Waals surface area contributed by atoms with Crippen molar-refractivity contribution in [2.24, 2.45) is 5.73 Å². The molecule has 0 radical (unpaired) electrons. The third-order valence-electron chi connectivity index (χ3n) is 4.33. The molecule has 26 heavy (non-hydrogen) atoms. The molecule has 5 nitrogen and oxygen atoms in total. The number of ether oxygens (including phenoxy) is 2. The molecular weight excluding hydrogens is 328 g/mol. The first kappa shape index (κ1) is 18.1. The number of rotatable bonds is 7. The lowest BCUT2D eigenvalue weighted by molar-refractivity contribution is -0.117. The highest BCUT2D eigenvalue weighted by atomic mass is 16.5. The minimum atomic E-state index is -0.304. The number of benzene rings is 2. The van der Waals surface area contributed by atoms with E-state index in [1.165, 1.54) is 5.56 Å². The van der Waals surface area contributed by atoms with Gasteiger partial charge in [0.1, 0.15) is 18.1 Å². The van der Waals surface area contributed by atoms with Gasteiger partial charge in [-0.15, -0.1) is 0 Å². The highest BCUT2D eigenvalue weighted by Gasteiger charge is 2.19. The van der Waals surface area contributed by atoms with Crippen LogP contribution in [0.15, 0.2) is 42.5 Å². The van der Waals surface area contributed by atoms with Crippen molar-refractivity contribution in [1.29, 1.82) is 0 Å². The number of nitrogens with two attached hydrogens (primary N) is 1. The molecule has 2 aromatic carbocycles. The van der Waals surface area contributed by atoms with Crippen molar-refractivity contribution in [3.8, 4) is 11.5 Å². The van der Waals surface area contributed by atoms with Gasteiger partial charge in [0.05, 0.1) is 24.8 Å². The van der Waals surface area contributed by atoms with Crippen LogP contribution in [0.3, 0.4) is 0 Å². The summed E-state index contributed by atoms with van der Waals surface area (Å²) in [5.74, 6) is 1.47. The normalized spacial score (nSPS) is 13.3. The maximum Gasteiger partial charge on any atom is 0.221 e. The lowest BCUT2D eigenvalue weighted by Crippen LogP contribution is -2.34. The standard InChI is InChI=1S/C21H26N2O3/c1-15(2)26-18-7-8-20-19(14-18)23(11-12-25-20)10-9-16-3-5-17(6-4-16)13-21(22)24/h3-8,14-15H,9-13H2,1-2H3,(H2,22,24). The van der Waals surface area contributed by atoms with Gasteiger partial charge in [0.15, 0.2) is 0 Å². The van der Waals surface area contributed by atoms with Gasteiger partial charge in [0.2, 0.25) is 5.91 Å². The molecule has 0 atom stereocenters. The van der Waals surface area contributed by atoms with Crippen LogP contribution in [0, 0.1) is 0 Å². The van der Waals surface area contributed by atoms with Gasteiger partial charge in [-0.3, -0.25) is 4.79 Å². The number of fused-ring (bicyclic) bond motifs is 1. The van der Waals surface area contributed by atoms with Crippen LogP contribution in [-0.2, 0) is 17.6 Å². The lowest BCUT2D eigenvalue weighted by Gasteiger charge is -2.31. The number of carbonyl (C=O) groups is 1. The maximum atomic E-state index is 11.0. The molecule has 1 aliphatic heterocycles. The predicted octanol–water partition coefficient (Wildman–Crippen LogP) is 2.94. The van der Waals surface area contributed by atoms with Crippen LogP contribution in [0.25, 0.3) is 0 Å². The van der Waals surface area contributed by atoms with Crippen LogP contribution in [0.5, 0.6) is 11.5 Å². The molecule has 0 unspecified atom stereocenters. The van der Waals surface area contributed by atoms with Crippen molar-refractivity contribution in [1.82, 2.24) is 0 Å². The monoisotopic (exact) mass is 354 g/mol. The van der Waals surface area contributed by atoms with Gasteiger partial charge in [-0.1, -0.05) is 24.3 Å². The van der Waals surface area contributed by atoms with E-state index in [1.54, 1.807) is 0 Å². The molecule has 2 N–H and O–H groups in total. The largest absolute Gasteiger partial charge is 0.491 e. The topological polar surface area (TPSA) is 64.8 Å². The first-order valence-electron chi connectivity index (χ1n) is 9.06. The summed E-state index contributed by atoms with van der Waals surface area (Å²) in [5.41, 5.74) is 8.51. The molecule has 0 bridgehead atoms. The summed E-state index contributed by atoms with van der Waals surface area (Å²) in [6.07, 6.45) is 1.35. The minimum absolute atomic E-state index is 0.143. The molecule has 0 saturated heterocycles. The van der Waals surface area contributed by atoms with Gasteiger partial charge in [-0.25, -0.2) is 0 Å². The van der Waals surface area contributed by atoms with E-state index in [2.05, 4.69) is 23.1 Å². The zero-order valence-electron chi connectivity index (χ0n) is 15.4. The maximum absolute atomic E-state index is 11.0. The Morgan fingerprint density at radius 1 is 1.19 bits per heavy atom. The zero-order chi connectivity index (χ0) is 18.5. The molecule has 0 saturated carbocycles. The summed E-state index contributed by atoms with van der Waals surface area (Å²) < 4.78 is 11.6. The van der Waals surface area contributed by atoms with Crippen molar-refractivity contribution in [2.75, 3.05) is 24.6 Å². The molecule has 1 aliphatic rings. The molecule has 0 spiro atoms. The summed E-state index contributed by atoms with van der Waals surface area (Å²) in [6, 6.07) is 14.1. The molecule has 138 valence electrons. The Hall–Kier alpha value is -2.69. The second-order valence-corrected chi connectivity index (χ2v) is 6.84. The van der Waals surface area contributed by atoms with Crippen LogP contribution in [-0.4, -0.2) is 31.7 Å². The van der Waals surface area contributed by atoms with E-state index in [4.69, 9.17) is 15.2 Å². The smallest absolute Gasteiger partial charge is 0.221 e. The van der Waals surface area contributed by atoms with Gasteiger partial charge in [0.25, 0.3) is 0 Å². The number of nitrogens with zero attached hydrogens (tertiary/aromatic N) is 1. The molecule has 5 heteroatoms. The van der Waals surface area contributed by atoms with E-state index in [0.29, 0.717) is 6.61 Å². The Morgan fingerprint density at radius 2 is 1.92 bits per heavy atom. The fraction of sp³-hybridized carbons (Fsp3) is 0.381. The van der Waals surface area contributed by atoms with Crippen LogP contribution in [0.2, 0.25) is 0 Å². The SMILES string of the molecule is CC(C)Oc1ccc2c(c1)N(CCc1ccc(CC(N)=O)cc1)CCO2. The summed E-state index contributed by atoms with van der Waals surface area (Å²) in [5, 5.41) is 0. The summed E-state index contributed by atoms with van der Waals surface area (Å²) in [4.78, 5) is 13.3. The second-order valence-electron chi connectivity index (χ2n) is 6.84. The Bertz CT molecular complexity index is 756. The van der Waals surface area contributed by atoms with Gasteiger partial charge in [-0.05, 0) is 43.5 Å². The molecular formula is C21H26N2O3. The predicted molar refractivity (Wildman–Crippen MR) is 103 cm³/mol. The van der Waals surface area contributed by atoms with E-state index in [9.17, 15) is 4.79 Å². The number of primary amides is 1. The Kier molecular flexibility index (Phi) is 5.66. The highest BCUT2D eigenvalue weighted by Crippen LogP contribution is 2.35. The van der Waals surface area contributed by atoms with E-state index in [-0.39, 0.29) is 18.4 Å². The van der Waals surface area contributed by atoms with Crippen molar-refractivity contribution in [3.05, 3.63) is 53.6 Å². The number of carbonyl (C=O) groups excluding carboxylic acids is 1. The molecule has 0 aromatic heterocycles. The second kappa shape index (κ2) is 8.13. The van der Waals surface area contributed by atoms with E-state index < -0.39 is 0 Å². The number of hydrogen-bond donors (Lipinski definition) is 1. The highest BCUT2D eigenvalue weighted by molar-refractivity contribution is 5.76. The van der Waals surface area contributed by atoms with E-state index in [1.807, 2.05) is 38.1 Å². The van der Waals surface area contributed by atoms with Crippen molar-refractivity contribution < 1.29 is 14.3 Å². The molecule has 2 aromatic rings. The lowest BCUT2D eigenvalue weighted by atomic mass is 10.1. The van der Waals surface area contributed by atoms with Gasteiger partial charge < -0.3 is 20.1 Å². The fourth-order valence-electron chi connectivity index (χ4n) is 3.12. The Morgan fingerprint density at radius 3 is 2.62 bits per heavy atom. The third kappa shape index (κ3) is 4.69. The van der Waals surface area contributed by atoms with Gasteiger partial charge in [-0.2, -0.15) is 0 Å². The van der Waals surface area contributed by atoms with E-state index in [0.717, 1.165) is 42.3 Å². The number of anilines is 1. The van der Waals surface area contributed by atoms with Crippen molar-refractivity contribution in [2.45, 2.75) is 32.8 Å². The molecule has 1 amide bonds. The molecule has 3 rings (SSSR count). The first-order chi connectivity index (χ1) is 12.5. The summed E-state index contributed by atoms with van der Waals surface area (Å²) in [7, 11) is 0. The molecule has 0 aliphatic carbocycles. The van der Waals surface area contributed by atoms with Crippen LogP contribution in [0.1, 0.15) is 25.0 Å². The van der Waals surface area contributed by atoms with Gasteiger partial charge in [0, 0.05) is 12.6 Å². The zero-order valence-corrected chi connectivity index (χ0v) is 15.4. The summed E-state index contributed by atoms with van der Waals surface area (Å²) >= 11 is 0. The minimum Gasteiger partial charge on any atom is -0.491 e. The first-order valence-corrected chi connectivity index (χ1v) is 9.06. The van der Waals surface area contributed by atoms with Crippen LogP contribution >= 0.6 is 0 Å². The van der Waals surface area contributed by atoms with Crippen molar-refractivity contribution in [3.63, 3.8) is 0 Å². The average molecular weight is 354 g/mol. The third-order valence-corrected chi connectivity index (χ3v) is 4.33. The number of amides is 1. The Labute approximate surface area is 154 Å². The average Bonchev–Trinajstić information content (AvgIpc) is 2.60. The molecule has 1 heterocycles. The Balaban J connectivity index is 1.66. The fourth-order valence-corrected chi connectivity index (χ4v) is 3.12. The van der Waals surface area contributed by atoms with Crippen molar-refractivity contribution >= 4 is 11.6 Å². The van der Waals surface area contributed by atoms with Crippen LogP contribution in [0.4, 0.5) is 5.69 Å². The number of hydrogen-bond acceptors (Lipinski definition) is 4. The molecule has 0 fully saturated rings. The quantitative estimate of drug-likeness (QED) is 0.830. The summed E-state index contributed by atoms with van der Waals surface area (Å²) in [6.45, 7) is 6.49. The van der Waals surface area contributed by atoms with Crippen LogP contribution < -0.4 is 20.1 Å².